The number of nitrogens with zero attached hydrogens (tertiary/aromatic N) is 1. The molecule has 0 aromatic heterocycles. The fourth-order valence-electron chi connectivity index (χ4n) is 3.15. The van der Waals surface area contributed by atoms with Crippen molar-refractivity contribution in [2.75, 3.05) is 24.9 Å². The molecule has 0 radical (unpaired) electrons. The highest BCUT2D eigenvalue weighted by Gasteiger charge is 2.25. The molecule has 0 bridgehead atoms. The van der Waals surface area contributed by atoms with Gasteiger partial charge >= 0.3 is 0 Å². The average Bonchev–Trinajstić information content (AvgIpc) is 2.98. The van der Waals surface area contributed by atoms with Crippen molar-refractivity contribution in [2.45, 2.75) is 35.5 Å². The van der Waals surface area contributed by atoms with Crippen molar-refractivity contribution in [1.29, 1.82) is 0 Å². The van der Waals surface area contributed by atoms with Crippen LogP contribution in [0.3, 0.4) is 0 Å². The number of sulfonamides is 2. The molecule has 1 heterocycles. The summed E-state index contributed by atoms with van der Waals surface area (Å²) < 4.78 is 60.5. The summed E-state index contributed by atoms with van der Waals surface area (Å²) in [6.07, 6.45) is 3.78. The number of hydrogen-bond acceptors (Lipinski definition) is 5. The van der Waals surface area contributed by atoms with Gasteiger partial charge in [0.1, 0.15) is 5.75 Å². The lowest BCUT2D eigenvalue weighted by atomic mass is 10.2. The molecule has 0 atom stereocenters. The molecule has 0 spiro atoms. The van der Waals surface area contributed by atoms with Gasteiger partial charge in [0.2, 0.25) is 10.0 Å². The molecule has 2 aromatic carbocycles. The third kappa shape index (κ3) is 5.11. The minimum atomic E-state index is -3.83. The molecule has 3 rings (SSSR count). The quantitative estimate of drug-likeness (QED) is 0.647. The zero-order valence-electron chi connectivity index (χ0n) is 16.0. The van der Waals surface area contributed by atoms with E-state index in [1.165, 1.54) is 47.8 Å². The first-order chi connectivity index (χ1) is 13.7. The third-order valence-corrected chi connectivity index (χ3v) is 8.65. The summed E-state index contributed by atoms with van der Waals surface area (Å²) in [6, 6.07) is 10.2. The normalized spacial score (nSPS) is 16.2. The number of rotatable bonds is 6. The van der Waals surface area contributed by atoms with Crippen molar-refractivity contribution in [3.63, 3.8) is 0 Å². The lowest BCUT2D eigenvalue weighted by Gasteiger charge is -2.20. The molecule has 158 valence electrons. The molecule has 0 unspecified atom stereocenters. The molecule has 1 N–H and O–H groups in total. The summed E-state index contributed by atoms with van der Waals surface area (Å²) in [5, 5.41) is 0. The van der Waals surface area contributed by atoms with Crippen LogP contribution in [0.2, 0.25) is 0 Å². The van der Waals surface area contributed by atoms with Gasteiger partial charge in [0.15, 0.2) is 0 Å². The van der Waals surface area contributed by atoms with Crippen LogP contribution >= 0.6 is 15.9 Å². The van der Waals surface area contributed by atoms with Gasteiger partial charge in [0.05, 0.1) is 21.4 Å². The molecule has 1 fully saturated rings. The summed E-state index contributed by atoms with van der Waals surface area (Å²) in [5.74, 6) is 0.520. The Hall–Kier alpha value is -1.62. The van der Waals surface area contributed by atoms with Crippen molar-refractivity contribution in [2.24, 2.45) is 0 Å². The Morgan fingerprint density at radius 2 is 1.48 bits per heavy atom. The second-order valence-corrected chi connectivity index (χ2v) is 11.2. The first kappa shape index (κ1) is 22.1. The van der Waals surface area contributed by atoms with Crippen molar-refractivity contribution < 1.29 is 21.6 Å². The number of benzene rings is 2. The maximum Gasteiger partial charge on any atom is 0.261 e. The lowest BCUT2D eigenvalue weighted by molar-refractivity contribution is 0.411. The number of methoxy groups -OCH3 is 1. The highest BCUT2D eigenvalue weighted by atomic mass is 79.9. The van der Waals surface area contributed by atoms with Crippen molar-refractivity contribution in [3.8, 4) is 5.75 Å². The molecule has 10 heteroatoms. The van der Waals surface area contributed by atoms with Crippen molar-refractivity contribution in [3.05, 3.63) is 46.9 Å². The van der Waals surface area contributed by atoms with Gasteiger partial charge in [0.25, 0.3) is 10.0 Å². The molecular weight excluding hydrogens is 480 g/mol. The van der Waals surface area contributed by atoms with Crippen LogP contribution in [0, 0.1) is 0 Å². The van der Waals surface area contributed by atoms with Gasteiger partial charge in [-0.2, -0.15) is 4.31 Å². The predicted molar refractivity (Wildman–Crippen MR) is 115 cm³/mol. The molecule has 0 saturated carbocycles. The number of nitrogens with one attached hydrogen (secondary N) is 1. The smallest absolute Gasteiger partial charge is 0.261 e. The van der Waals surface area contributed by atoms with E-state index in [9.17, 15) is 16.8 Å². The minimum absolute atomic E-state index is 0.0615. The predicted octanol–water partition coefficient (Wildman–Crippen LogP) is 3.82. The van der Waals surface area contributed by atoms with E-state index in [1.54, 1.807) is 6.07 Å². The summed E-state index contributed by atoms with van der Waals surface area (Å²) in [6.45, 7) is 1.03. The fraction of sp³-hybridized carbons (Fsp3) is 0.368. The van der Waals surface area contributed by atoms with E-state index in [-0.39, 0.29) is 15.5 Å². The van der Waals surface area contributed by atoms with E-state index in [4.69, 9.17) is 4.74 Å². The maximum absolute atomic E-state index is 12.8. The van der Waals surface area contributed by atoms with E-state index in [2.05, 4.69) is 20.7 Å². The van der Waals surface area contributed by atoms with E-state index in [0.29, 0.717) is 23.3 Å². The number of halogens is 1. The lowest BCUT2D eigenvalue weighted by Crippen LogP contribution is -2.31. The van der Waals surface area contributed by atoms with Crippen LogP contribution in [0.25, 0.3) is 0 Å². The molecule has 0 aliphatic carbocycles. The summed E-state index contributed by atoms with van der Waals surface area (Å²) in [5.41, 5.74) is 0.284. The fourth-order valence-corrected chi connectivity index (χ4v) is 6.45. The first-order valence-electron chi connectivity index (χ1n) is 9.20. The standard InChI is InChI=1S/C19H23BrN2O5S2/c1-27-19-11-10-17(14-18(19)20)28(23,24)21-15-6-8-16(9-7-15)29(25,26)22-12-4-2-3-5-13-22/h6-11,14,21H,2-5,12-13H2,1H3. The van der Waals surface area contributed by atoms with Gasteiger partial charge in [0, 0.05) is 18.8 Å². The molecule has 7 nitrogen and oxygen atoms in total. The summed E-state index contributed by atoms with van der Waals surface area (Å²) >= 11 is 3.27. The van der Waals surface area contributed by atoms with Crippen LogP contribution in [0.15, 0.2) is 56.7 Å². The molecular formula is C19H23BrN2O5S2. The number of hydrogen-bond donors (Lipinski definition) is 1. The van der Waals surface area contributed by atoms with E-state index >= 15 is 0 Å². The highest BCUT2D eigenvalue weighted by molar-refractivity contribution is 9.10. The van der Waals surface area contributed by atoms with Gasteiger partial charge in [-0.05, 0) is 71.2 Å². The van der Waals surface area contributed by atoms with E-state index in [1.807, 2.05) is 0 Å². The van der Waals surface area contributed by atoms with Crippen LogP contribution in [0.4, 0.5) is 5.69 Å². The molecule has 29 heavy (non-hydrogen) atoms. The molecule has 0 amide bonds. The molecule has 1 saturated heterocycles. The van der Waals surface area contributed by atoms with Crippen molar-refractivity contribution in [1.82, 2.24) is 4.31 Å². The summed E-state index contributed by atoms with van der Waals surface area (Å²) in [7, 11) is -5.91. The monoisotopic (exact) mass is 502 g/mol. The largest absolute Gasteiger partial charge is 0.496 e. The van der Waals surface area contributed by atoms with Crippen molar-refractivity contribution >= 4 is 41.7 Å². The zero-order chi connectivity index (χ0) is 21.1. The Kier molecular flexibility index (Phi) is 6.87. The van der Waals surface area contributed by atoms with Crippen LogP contribution in [-0.2, 0) is 20.0 Å². The Bertz CT molecular complexity index is 1060. The first-order valence-corrected chi connectivity index (χ1v) is 12.9. The molecule has 2 aromatic rings. The van der Waals surface area contributed by atoms with Gasteiger partial charge < -0.3 is 4.74 Å². The topological polar surface area (TPSA) is 92.8 Å². The second kappa shape index (κ2) is 9.03. The van der Waals surface area contributed by atoms with Gasteiger partial charge in [-0.25, -0.2) is 16.8 Å². The SMILES string of the molecule is COc1ccc(S(=O)(=O)Nc2ccc(S(=O)(=O)N3CCCCCC3)cc2)cc1Br. The maximum atomic E-state index is 12.8. The highest BCUT2D eigenvalue weighted by Crippen LogP contribution is 2.29. The van der Waals surface area contributed by atoms with Gasteiger partial charge in [-0.1, -0.05) is 12.8 Å². The third-order valence-electron chi connectivity index (χ3n) is 4.74. The number of anilines is 1. The van der Waals surface area contributed by atoms with Crippen LogP contribution in [0.1, 0.15) is 25.7 Å². The van der Waals surface area contributed by atoms with E-state index < -0.39 is 20.0 Å². The van der Waals surface area contributed by atoms with Gasteiger partial charge in [-0.3, -0.25) is 4.72 Å². The molecule has 1 aliphatic heterocycles. The average molecular weight is 503 g/mol. The molecule has 1 aliphatic rings. The Morgan fingerprint density at radius 1 is 0.897 bits per heavy atom. The summed E-state index contributed by atoms with van der Waals surface area (Å²) in [4.78, 5) is 0.223. The Labute approximate surface area is 180 Å². The number of ether oxygens (including phenoxy) is 1. The van der Waals surface area contributed by atoms with Crippen LogP contribution in [-0.4, -0.2) is 41.3 Å². The van der Waals surface area contributed by atoms with E-state index in [0.717, 1.165) is 25.7 Å². The Morgan fingerprint density at radius 3 is 2.03 bits per heavy atom. The van der Waals surface area contributed by atoms with Crippen LogP contribution in [0.5, 0.6) is 5.75 Å². The van der Waals surface area contributed by atoms with Crippen LogP contribution < -0.4 is 9.46 Å². The zero-order valence-corrected chi connectivity index (χ0v) is 19.2. The Balaban J connectivity index is 1.78. The second-order valence-electron chi connectivity index (χ2n) is 6.74. The van der Waals surface area contributed by atoms with Gasteiger partial charge in [-0.15, -0.1) is 0 Å². The minimum Gasteiger partial charge on any atom is -0.496 e.